The standard InChI is InChI=1S/C30H34N2O3S/c1-32(21-10-4-3-5-11-21)36(33,34)22-16-17-27-26(19-22)24-13-8-14-25(24)30(31-27)29-23-12-7-6-9-20(23)15-18-28(29)35-2/h6-9,12-13,15-19,21,24-25,30-31H,3-5,10-11,14H2,1-2H3. The number of hydrogen-bond donors (Lipinski definition) is 1. The van der Waals surface area contributed by atoms with E-state index in [0.29, 0.717) is 4.90 Å². The maximum Gasteiger partial charge on any atom is 0.243 e. The van der Waals surface area contributed by atoms with Crippen LogP contribution in [-0.4, -0.2) is 32.9 Å². The van der Waals surface area contributed by atoms with Gasteiger partial charge in [-0.3, -0.25) is 0 Å². The molecule has 188 valence electrons. The predicted octanol–water partition coefficient (Wildman–Crippen LogP) is 6.63. The van der Waals surface area contributed by atoms with Gasteiger partial charge >= 0.3 is 0 Å². The van der Waals surface area contributed by atoms with Crippen molar-refractivity contribution in [2.45, 2.75) is 61.4 Å². The SMILES string of the molecule is COc1ccc2ccccc2c1C1Nc2ccc(S(=O)(=O)N(C)C3CCCCC3)cc2C2C=CCC21. The lowest BCUT2D eigenvalue weighted by atomic mass is 9.76. The molecular formula is C30H34N2O3S. The molecular weight excluding hydrogens is 468 g/mol. The highest BCUT2D eigenvalue weighted by molar-refractivity contribution is 7.89. The van der Waals surface area contributed by atoms with Gasteiger partial charge in [0.1, 0.15) is 5.75 Å². The van der Waals surface area contributed by atoms with E-state index in [4.69, 9.17) is 4.74 Å². The minimum atomic E-state index is -3.54. The summed E-state index contributed by atoms with van der Waals surface area (Å²) < 4.78 is 34.7. The summed E-state index contributed by atoms with van der Waals surface area (Å²) in [5.74, 6) is 1.32. The molecule has 1 fully saturated rings. The zero-order chi connectivity index (χ0) is 24.9. The monoisotopic (exact) mass is 502 g/mol. The summed E-state index contributed by atoms with van der Waals surface area (Å²) in [6, 6.07) is 18.4. The zero-order valence-electron chi connectivity index (χ0n) is 21.0. The lowest BCUT2D eigenvalue weighted by Gasteiger charge is -2.39. The van der Waals surface area contributed by atoms with Gasteiger partial charge in [-0.2, -0.15) is 4.31 Å². The van der Waals surface area contributed by atoms with Gasteiger partial charge < -0.3 is 10.1 Å². The molecule has 1 saturated carbocycles. The molecule has 0 aromatic heterocycles. The first kappa shape index (κ1) is 23.6. The van der Waals surface area contributed by atoms with Gasteiger partial charge in [0.25, 0.3) is 0 Å². The van der Waals surface area contributed by atoms with Crippen LogP contribution in [-0.2, 0) is 10.0 Å². The van der Waals surface area contributed by atoms with Crippen molar-refractivity contribution in [3.05, 3.63) is 77.9 Å². The number of ether oxygens (including phenoxy) is 1. The average molecular weight is 503 g/mol. The fourth-order valence-corrected chi connectivity index (χ4v) is 8.05. The zero-order valence-corrected chi connectivity index (χ0v) is 21.8. The van der Waals surface area contributed by atoms with Gasteiger partial charge in [-0.15, -0.1) is 0 Å². The average Bonchev–Trinajstić information content (AvgIpc) is 3.42. The van der Waals surface area contributed by atoms with Crippen LogP contribution in [0.5, 0.6) is 5.75 Å². The third-order valence-electron chi connectivity index (χ3n) is 8.56. The quantitative estimate of drug-likeness (QED) is 0.398. The van der Waals surface area contributed by atoms with Crippen molar-refractivity contribution in [1.29, 1.82) is 0 Å². The first-order valence-electron chi connectivity index (χ1n) is 13.1. The Hall–Kier alpha value is -2.83. The molecule has 3 aromatic rings. The van der Waals surface area contributed by atoms with Crippen molar-refractivity contribution >= 4 is 26.5 Å². The Morgan fingerprint density at radius 1 is 1.00 bits per heavy atom. The van der Waals surface area contributed by atoms with E-state index in [2.05, 4.69) is 53.9 Å². The highest BCUT2D eigenvalue weighted by Gasteiger charge is 2.40. The summed E-state index contributed by atoms with van der Waals surface area (Å²) in [5, 5.41) is 6.18. The van der Waals surface area contributed by atoms with Crippen molar-refractivity contribution in [3.63, 3.8) is 0 Å². The Kier molecular flexibility index (Phi) is 6.05. The van der Waals surface area contributed by atoms with Gasteiger partial charge in [0, 0.05) is 30.3 Å². The highest BCUT2D eigenvalue weighted by atomic mass is 32.2. The van der Waals surface area contributed by atoms with Crippen molar-refractivity contribution < 1.29 is 13.2 Å². The maximum atomic E-state index is 13.6. The van der Waals surface area contributed by atoms with E-state index in [1.54, 1.807) is 24.5 Å². The van der Waals surface area contributed by atoms with Crippen molar-refractivity contribution in [2.75, 3.05) is 19.5 Å². The molecule has 1 aliphatic heterocycles. The van der Waals surface area contributed by atoms with Crippen molar-refractivity contribution in [1.82, 2.24) is 4.31 Å². The molecule has 3 unspecified atom stereocenters. The van der Waals surface area contributed by atoms with Crippen LogP contribution in [0.3, 0.4) is 0 Å². The summed E-state index contributed by atoms with van der Waals surface area (Å²) in [7, 11) is -0.0596. The third kappa shape index (κ3) is 3.82. The predicted molar refractivity (Wildman–Crippen MR) is 145 cm³/mol. The van der Waals surface area contributed by atoms with Crippen LogP contribution in [0.15, 0.2) is 71.6 Å². The van der Waals surface area contributed by atoms with Crippen molar-refractivity contribution in [3.8, 4) is 5.75 Å². The smallest absolute Gasteiger partial charge is 0.243 e. The number of sulfonamides is 1. The number of hydrogen-bond acceptors (Lipinski definition) is 4. The second-order valence-corrected chi connectivity index (χ2v) is 12.4. The third-order valence-corrected chi connectivity index (χ3v) is 10.5. The first-order valence-corrected chi connectivity index (χ1v) is 14.5. The van der Waals surface area contributed by atoms with E-state index >= 15 is 0 Å². The lowest BCUT2D eigenvalue weighted by molar-refractivity contribution is 0.286. The van der Waals surface area contributed by atoms with E-state index in [9.17, 15) is 8.42 Å². The van der Waals surface area contributed by atoms with Gasteiger partial charge in [0.05, 0.1) is 18.0 Å². The Labute approximate surface area is 214 Å². The van der Waals surface area contributed by atoms with Crippen LogP contribution in [0.4, 0.5) is 5.69 Å². The van der Waals surface area contributed by atoms with E-state index in [1.165, 1.54) is 22.8 Å². The molecule has 1 N–H and O–H groups in total. The number of rotatable bonds is 5. The highest BCUT2D eigenvalue weighted by Crippen LogP contribution is 2.52. The van der Waals surface area contributed by atoms with Gasteiger partial charge in [-0.1, -0.05) is 61.7 Å². The molecule has 1 heterocycles. The molecule has 3 aromatic carbocycles. The van der Waals surface area contributed by atoms with Crippen LogP contribution in [0.25, 0.3) is 10.8 Å². The molecule has 0 bridgehead atoms. The van der Waals surface area contributed by atoms with Crippen LogP contribution in [0, 0.1) is 5.92 Å². The Bertz CT molecular complexity index is 1430. The van der Waals surface area contributed by atoms with Gasteiger partial charge in [0.15, 0.2) is 0 Å². The van der Waals surface area contributed by atoms with Gasteiger partial charge in [0.2, 0.25) is 10.0 Å². The molecule has 3 atom stereocenters. The summed E-state index contributed by atoms with van der Waals surface area (Å²) in [5.41, 5.74) is 3.25. The van der Waals surface area contributed by atoms with Crippen LogP contribution >= 0.6 is 0 Å². The Morgan fingerprint density at radius 2 is 1.81 bits per heavy atom. The second-order valence-electron chi connectivity index (χ2n) is 10.4. The molecule has 6 heteroatoms. The molecule has 3 aliphatic rings. The molecule has 0 radical (unpaired) electrons. The van der Waals surface area contributed by atoms with Crippen LogP contribution in [0.1, 0.15) is 61.6 Å². The van der Waals surface area contributed by atoms with E-state index < -0.39 is 10.0 Å². The Balaban J connectivity index is 1.40. The topological polar surface area (TPSA) is 58.6 Å². The van der Waals surface area contributed by atoms with E-state index in [0.717, 1.165) is 49.1 Å². The largest absolute Gasteiger partial charge is 0.496 e. The first-order chi connectivity index (χ1) is 17.5. The van der Waals surface area contributed by atoms with Gasteiger partial charge in [-0.25, -0.2) is 8.42 Å². The molecule has 2 aliphatic carbocycles. The van der Waals surface area contributed by atoms with Crippen LogP contribution < -0.4 is 10.1 Å². The normalized spacial score (nSPS) is 23.9. The molecule has 0 saturated heterocycles. The summed E-state index contributed by atoms with van der Waals surface area (Å²) in [4.78, 5) is 0.399. The van der Waals surface area contributed by atoms with E-state index in [1.807, 2.05) is 12.1 Å². The van der Waals surface area contributed by atoms with Crippen LogP contribution in [0.2, 0.25) is 0 Å². The maximum absolute atomic E-state index is 13.6. The minimum Gasteiger partial charge on any atom is -0.496 e. The number of methoxy groups -OCH3 is 1. The molecule has 0 amide bonds. The molecule has 36 heavy (non-hydrogen) atoms. The number of benzene rings is 3. The number of nitrogens with zero attached hydrogens (tertiary/aromatic N) is 1. The summed E-state index contributed by atoms with van der Waals surface area (Å²) >= 11 is 0. The second kappa shape index (κ2) is 9.24. The number of fused-ring (bicyclic) bond motifs is 4. The molecule has 0 spiro atoms. The fraction of sp³-hybridized carbons (Fsp3) is 0.400. The number of allylic oxidation sites excluding steroid dienone is 2. The minimum absolute atomic E-state index is 0.0610. The number of anilines is 1. The number of nitrogens with one attached hydrogen (secondary N) is 1. The fourth-order valence-electron chi connectivity index (χ4n) is 6.60. The molecule has 6 rings (SSSR count). The summed E-state index contributed by atoms with van der Waals surface area (Å²) in [6.07, 6.45) is 10.7. The lowest BCUT2D eigenvalue weighted by Crippen LogP contribution is -2.38. The van der Waals surface area contributed by atoms with Crippen molar-refractivity contribution in [2.24, 2.45) is 5.92 Å². The summed E-state index contributed by atoms with van der Waals surface area (Å²) in [6.45, 7) is 0. The molecule has 5 nitrogen and oxygen atoms in total. The van der Waals surface area contributed by atoms with Gasteiger partial charge in [-0.05, 0) is 65.8 Å². The Morgan fingerprint density at radius 3 is 2.61 bits per heavy atom. The van der Waals surface area contributed by atoms with E-state index in [-0.39, 0.29) is 23.9 Å².